The molecule has 1 saturated heterocycles. The molecule has 1 aromatic rings. The van der Waals surface area contributed by atoms with Crippen molar-refractivity contribution >= 4 is 5.91 Å². The van der Waals surface area contributed by atoms with Crippen molar-refractivity contribution in [3.05, 3.63) is 35.9 Å². The van der Waals surface area contributed by atoms with E-state index in [1.807, 2.05) is 23.1 Å². The molecule has 1 atom stereocenters. The zero-order chi connectivity index (χ0) is 13.7. The first-order chi connectivity index (χ1) is 9.16. The first-order valence-electron chi connectivity index (χ1n) is 7.12. The summed E-state index contributed by atoms with van der Waals surface area (Å²) in [4.78, 5) is 14.3. The predicted octanol–water partition coefficient (Wildman–Crippen LogP) is 2.99. The monoisotopic (exact) mass is 261 g/mol. The molecule has 3 nitrogen and oxygen atoms in total. The minimum Gasteiger partial charge on any atom is -0.378 e. The molecular formula is C16H23NO2. The molecule has 0 N–H and O–H groups in total. The second-order valence-electron chi connectivity index (χ2n) is 5.44. The molecule has 0 radical (unpaired) electrons. The van der Waals surface area contributed by atoms with Crippen LogP contribution in [-0.2, 0) is 16.1 Å². The SMILES string of the molecule is CC(C)N(Cc1ccccc1)C(=O)CC1CCCO1. The Kier molecular flexibility index (Phi) is 4.97. The molecule has 0 aromatic heterocycles. The van der Waals surface area contributed by atoms with Crippen LogP contribution in [0.25, 0.3) is 0 Å². The molecule has 104 valence electrons. The van der Waals surface area contributed by atoms with E-state index < -0.39 is 0 Å². The van der Waals surface area contributed by atoms with Crippen molar-refractivity contribution in [1.29, 1.82) is 0 Å². The summed E-state index contributed by atoms with van der Waals surface area (Å²) in [5.41, 5.74) is 1.18. The lowest BCUT2D eigenvalue weighted by Gasteiger charge is -2.28. The first kappa shape index (κ1) is 14.1. The number of rotatable bonds is 5. The van der Waals surface area contributed by atoms with Crippen LogP contribution >= 0.6 is 0 Å². The van der Waals surface area contributed by atoms with Gasteiger partial charge in [0, 0.05) is 19.2 Å². The molecule has 0 saturated carbocycles. The zero-order valence-electron chi connectivity index (χ0n) is 11.8. The summed E-state index contributed by atoms with van der Waals surface area (Å²) in [6.07, 6.45) is 2.75. The normalized spacial score (nSPS) is 18.8. The van der Waals surface area contributed by atoms with E-state index in [0.717, 1.165) is 19.4 Å². The second-order valence-corrected chi connectivity index (χ2v) is 5.44. The van der Waals surface area contributed by atoms with Gasteiger partial charge in [0.1, 0.15) is 0 Å². The lowest BCUT2D eigenvalue weighted by atomic mass is 10.1. The molecular weight excluding hydrogens is 238 g/mol. The van der Waals surface area contributed by atoms with Gasteiger partial charge in [-0.05, 0) is 32.3 Å². The van der Waals surface area contributed by atoms with Crippen molar-refractivity contribution in [2.24, 2.45) is 0 Å². The maximum Gasteiger partial charge on any atom is 0.225 e. The molecule has 0 spiro atoms. The highest BCUT2D eigenvalue weighted by molar-refractivity contribution is 5.77. The molecule has 1 unspecified atom stereocenters. The zero-order valence-corrected chi connectivity index (χ0v) is 11.8. The van der Waals surface area contributed by atoms with E-state index in [0.29, 0.717) is 13.0 Å². The van der Waals surface area contributed by atoms with Gasteiger partial charge in [0.25, 0.3) is 0 Å². The van der Waals surface area contributed by atoms with Crippen LogP contribution in [0.5, 0.6) is 0 Å². The van der Waals surface area contributed by atoms with Gasteiger partial charge in [-0.25, -0.2) is 0 Å². The van der Waals surface area contributed by atoms with E-state index >= 15 is 0 Å². The summed E-state index contributed by atoms with van der Waals surface area (Å²) in [6, 6.07) is 10.4. The largest absolute Gasteiger partial charge is 0.378 e. The third kappa shape index (κ3) is 4.06. The third-order valence-electron chi connectivity index (χ3n) is 3.57. The van der Waals surface area contributed by atoms with Crippen LogP contribution in [0.4, 0.5) is 0 Å². The Morgan fingerprint density at radius 1 is 1.37 bits per heavy atom. The number of nitrogens with zero attached hydrogens (tertiary/aromatic N) is 1. The van der Waals surface area contributed by atoms with Gasteiger partial charge < -0.3 is 9.64 Å². The minimum absolute atomic E-state index is 0.129. The first-order valence-corrected chi connectivity index (χ1v) is 7.12. The highest BCUT2D eigenvalue weighted by Gasteiger charge is 2.24. The fraction of sp³-hybridized carbons (Fsp3) is 0.562. The van der Waals surface area contributed by atoms with Gasteiger partial charge in [-0.1, -0.05) is 30.3 Å². The Hall–Kier alpha value is -1.35. The van der Waals surface area contributed by atoms with E-state index in [4.69, 9.17) is 4.74 Å². The van der Waals surface area contributed by atoms with E-state index in [1.165, 1.54) is 5.56 Å². The molecule has 1 aromatic carbocycles. The van der Waals surface area contributed by atoms with Crippen molar-refractivity contribution in [2.45, 2.75) is 51.8 Å². The lowest BCUT2D eigenvalue weighted by Crippen LogP contribution is -2.38. The van der Waals surface area contributed by atoms with Crippen molar-refractivity contribution < 1.29 is 9.53 Å². The smallest absolute Gasteiger partial charge is 0.225 e. The fourth-order valence-electron chi connectivity index (χ4n) is 2.46. The number of hydrogen-bond acceptors (Lipinski definition) is 2. The van der Waals surface area contributed by atoms with E-state index in [2.05, 4.69) is 26.0 Å². The molecule has 1 aliphatic rings. The molecule has 1 amide bonds. The van der Waals surface area contributed by atoms with Gasteiger partial charge >= 0.3 is 0 Å². The van der Waals surface area contributed by atoms with Crippen LogP contribution in [-0.4, -0.2) is 29.6 Å². The number of ether oxygens (including phenoxy) is 1. The van der Waals surface area contributed by atoms with Crippen LogP contribution in [0.2, 0.25) is 0 Å². The summed E-state index contributed by atoms with van der Waals surface area (Å²) in [7, 11) is 0. The number of carbonyl (C=O) groups excluding carboxylic acids is 1. The standard InChI is InChI=1S/C16H23NO2/c1-13(2)17(12-14-7-4-3-5-8-14)16(18)11-15-9-6-10-19-15/h3-5,7-8,13,15H,6,9-12H2,1-2H3. The number of benzene rings is 1. The predicted molar refractivity (Wildman–Crippen MR) is 75.7 cm³/mol. The molecule has 19 heavy (non-hydrogen) atoms. The van der Waals surface area contributed by atoms with Gasteiger partial charge in [0.2, 0.25) is 5.91 Å². The Balaban J connectivity index is 1.96. The average molecular weight is 261 g/mol. The maximum atomic E-state index is 12.4. The van der Waals surface area contributed by atoms with Crippen molar-refractivity contribution in [2.75, 3.05) is 6.61 Å². The summed E-state index contributed by atoms with van der Waals surface area (Å²) in [5.74, 6) is 0.200. The van der Waals surface area contributed by atoms with Crippen LogP contribution in [0, 0.1) is 0 Å². The van der Waals surface area contributed by atoms with Crippen LogP contribution in [0.15, 0.2) is 30.3 Å². The van der Waals surface area contributed by atoms with Crippen LogP contribution in [0.1, 0.15) is 38.7 Å². The van der Waals surface area contributed by atoms with Gasteiger partial charge in [-0.3, -0.25) is 4.79 Å². The van der Waals surface area contributed by atoms with Gasteiger partial charge in [0.05, 0.1) is 12.5 Å². The maximum absolute atomic E-state index is 12.4. The Morgan fingerprint density at radius 2 is 2.11 bits per heavy atom. The lowest BCUT2D eigenvalue weighted by molar-refractivity contribution is -0.135. The molecule has 0 aliphatic carbocycles. The fourth-order valence-corrected chi connectivity index (χ4v) is 2.46. The molecule has 1 aliphatic heterocycles. The van der Waals surface area contributed by atoms with Gasteiger partial charge in [-0.15, -0.1) is 0 Å². The van der Waals surface area contributed by atoms with E-state index in [1.54, 1.807) is 0 Å². The Bertz CT molecular complexity index is 396. The van der Waals surface area contributed by atoms with Gasteiger partial charge in [0.15, 0.2) is 0 Å². The molecule has 2 rings (SSSR count). The van der Waals surface area contributed by atoms with E-state index in [-0.39, 0.29) is 18.1 Å². The molecule has 1 heterocycles. The highest BCUT2D eigenvalue weighted by Crippen LogP contribution is 2.18. The van der Waals surface area contributed by atoms with Gasteiger partial charge in [-0.2, -0.15) is 0 Å². The summed E-state index contributed by atoms with van der Waals surface area (Å²) >= 11 is 0. The van der Waals surface area contributed by atoms with Crippen molar-refractivity contribution in [1.82, 2.24) is 4.90 Å². The molecule has 3 heteroatoms. The highest BCUT2D eigenvalue weighted by atomic mass is 16.5. The quantitative estimate of drug-likeness (QED) is 0.815. The Morgan fingerprint density at radius 3 is 2.68 bits per heavy atom. The molecule has 0 bridgehead atoms. The third-order valence-corrected chi connectivity index (χ3v) is 3.57. The second kappa shape index (κ2) is 6.71. The average Bonchev–Trinajstić information content (AvgIpc) is 2.89. The minimum atomic E-state index is 0.129. The summed E-state index contributed by atoms with van der Waals surface area (Å²) in [5, 5.41) is 0. The summed E-state index contributed by atoms with van der Waals surface area (Å²) < 4.78 is 5.56. The Labute approximate surface area is 115 Å². The summed E-state index contributed by atoms with van der Waals surface area (Å²) in [6.45, 7) is 5.62. The number of carbonyl (C=O) groups is 1. The molecule has 1 fully saturated rings. The van der Waals surface area contributed by atoms with Crippen LogP contribution < -0.4 is 0 Å². The van der Waals surface area contributed by atoms with Crippen molar-refractivity contribution in [3.8, 4) is 0 Å². The number of hydrogen-bond donors (Lipinski definition) is 0. The van der Waals surface area contributed by atoms with E-state index in [9.17, 15) is 4.79 Å². The van der Waals surface area contributed by atoms with Crippen LogP contribution in [0.3, 0.4) is 0 Å². The topological polar surface area (TPSA) is 29.5 Å². The number of amides is 1. The van der Waals surface area contributed by atoms with Crippen molar-refractivity contribution in [3.63, 3.8) is 0 Å².